The average Bonchev–Trinajstić information content (AvgIpc) is 3.01. The highest BCUT2D eigenvalue weighted by atomic mass is 32.1. The minimum atomic E-state index is 0.0517. The first-order valence-electron chi connectivity index (χ1n) is 7.04. The molecule has 1 atom stereocenters. The Morgan fingerprint density at radius 2 is 1.86 bits per heavy atom. The molecule has 5 heteroatoms. The van der Waals surface area contributed by atoms with Crippen LogP contribution in [0.5, 0.6) is 5.75 Å². The zero-order valence-corrected chi connectivity index (χ0v) is 13.1. The molecule has 0 saturated carbocycles. The van der Waals surface area contributed by atoms with Crippen LogP contribution < -0.4 is 10.5 Å². The second kappa shape index (κ2) is 6.15. The quantitative estimate of drug-likeness (QED) is 0.885. The minimum absolute atomic E-state index is 0.0517. The lowest BCUT2D eigenvalue weighted by atomic mass is 9.98. The van der Waals surface area contributed by atoms with Crippen LogP contribution in [0.25, 0.3) is 0 Å². The van der Waals surface area contributed by atoms with Gasteiger partial charge in [-0.1, -0.05) is 30.3 Å². The van der Waals surface area contributed by atoms with E-state index >= 15 is 0 Å². The lowest BCUT2D eigenvalue weighted by molar-refractivity contribution is 0.373. The van der Waals surface area contributed by atoms with Gasteiger partial charge in [0.1, 0.15) is 5.75 Å². The van der Waals surface area contributed by atoms with Gasteiger partial charge >= 0.3 is 0 Å². The average molecular weight is 311 g/mol. The summed E-state index contributed by atoms with van der Waals surface area (Å²) >= 11 is 5.15. The number of hydrazone groups is 1. The van der Waals surface area contributed by atoms with Gasteiger partial charge < -0.3 is 10.5 Å². The van der Waals surface area contributed by atoms with E-state index in [1.807, 2.05) is 42.5 Å². The van der Waals surface area contributed by atoms with Crippen molar-refractivity contribution in [2.24, 2.45) is 10.8 Å². The molecule has 0 fully saturated rings. The van der Waals surface area contributed by atoms with E-state index in [4.69, 9.17) is 22.7 Å². The highest BCUT2D eigenvalue weighted by Gasteiger charge is 2.30. The Balaban J connectivity index is 1.90. The van der Waals surface area contributed by atoms with Gasteiger partial charge in [-0.05, 0) is 47.6 Å². The first kappa shape index (κ1) is 14.5. The highest BCUT2D eigenvalue weighted by molar-refractivity contribution is 7.80. The predicted octanol–water partition coefficient (Wildman–Crippen LogP) is 3.09. The summed E-state index contributed by atoms with van der Waals surface area (Å²) in [6.07, 6.45) is 0.772. The molecule has 0 spiro atoms. The molecule has 0 amide bonds. The van der Waals surface area contributed by atoms with E-state index in [0.717, 1.165) is 29.0 Å². The van der Waals surface area contributed by atoms with E-state index in [1.165, 1.54) is 0 Å². The summed E-state index contributed by atoms with van der Waals surface area (Å²) in [5.74, 6) is 0.827. The smallest absolute Gasteiger partial charge is 0.187 e. The summed E-state index contributed by atoms with van der Waals surface area (Å²) in [5.41, 5.74) is 9.03. The number of nitrogens with two attached hydrogens (primary N) is 1. The molecule has 1 aliphatic rings. The van der Waals surface area contributed by atoms with Crippen LogP contribution >= 0.6 is 12.2 Å². The normalized spacial score (nSPS) is 17.2. The lowest BCUT2D eigenvalue weighted by Crippen LogP contribution is -2.31. The van der Waals surface area contributed by atoms with Crippen LogP contribution in [-0.4, -0.2) is 22.9 Å². The summed E-state index contributed by atoms with van der Waals surface area (Å²) < 4.78 is 5.19. The number of rotatable bonds is 3. The van der Waals surface area contributed by atoms with Gasteiger partial charge in [0, 0.05) is 6.42 Å². The number of hydrogen-bond donors (Lipinski definition) is 1. The van der Waals surface area contributed by atoms with Crippen molar-refractivity contribution in [3.8, 4) is 5.75 Å². The zero-order chi connectivity index (χ0) is 15.5. The molecule has 22 heavy (non-hydrogen) atoms. The van der Waals surface area contributed by atoms with Gasteiger partial charge in [-0.25, -0.2) is 5.01 Å². The SMILES string of the molecule is COc1ccc(C2=NN(C(N)=S)[C@@H](c3ccccc3)C2)cc1. The third-order valence-electron chi connectivity index (χ3n) is 3.74. The van der Waals surface area contributed by atoms with E-state index in [-0.39, 0.29) is 11.2 Å². The molecular weight excluding hydrogens is 294 g/mol. The third-order valence-corrected chi connectivity index (χ3v) is 3.93. The van der Waals surface area contributed by atoms with E-state index in [2.05, 4.69) is 17.2 Å². The van der Waals surface area contributed by atoms with Crippen LogP contribution in [-0.2, 0) is 0 Å². The Morgan fingerprint density at radius 1 is 1.18 bits per heavy atom. The maximum Gasteiger partial charge on any atom is 0.187 e. The Bertz CT molecular complexity index is 698. The van der Waals surface area contributed by atoms with Crippen LogP contribution in [0, 0.1) is 0 Å². The van der Waals surface area contributed by atoms with Crippen LogP contribution in [0.15, 0.2) is 59.7 Å². The van der Waals surface area contributed by atoms with E-state index in [1.54, 1.807) is 12.1 Å². The molecule has 1 aliphatic heterocycles. The van der Waals surface area contributed by atoms with Crippen LogP contribution in [0.1, 0.15) is 23.6 Å². The molecule has 1 heterocycles. The van der Waals surface area contributed by atoms with E-state index in [9.17, 15) is 0 Å². The molecule has 0 radical (unpaired) electrons. The molecule has 4 nitrogen and oxygen atoms in total. The number of ether oxygens (including phenoxy) is 1. The van der Waals surface area contributed by atoms with Crippen molar-refractivity contribution >= 4 is 23.0 Å². The molecule has 2 aromatic rings. The monoisotopic (exact) mass is 311 g/mol. The van der Waals surface area contributed by atoms with Crippen LogP contribution in [0.3, 0.4) is 0 Å². The molecule has 3 rings (SSSR count). The molecule has 112 valence electrons. The minimum Gasteiger partial charge on any atom is -0.497 e. The molecule has 2 aromatic carbocycles. The largest absolute Gasteiger partial charge is 0.497 e. The van der Waals surface area contributed by atoms with Crippen molar-refractivity contribution in [1.82, 2.24) is 5.01 Å². The summed E-state index contributed by atoms with van der Waals surface area (Å²) in [4.78, 5) is 0. The maximum absolute atomic E-state index is 5.84. The lowest BCUT2D eigenvalue weighted by Gasteiger charge is -2.21. The fourth-order valence-corrected chi connectivity index (χ4v) is 2.77. The number of methoxy groups -OCH3 is 1. The predicted molar refractivity (Wildman–Crippen MR) is 92.0 cm³/mol. The van der Waals surface area contributed by atoms with Crippen molar-refractivity contribution < 1.29 is 4.74 Å². The summed E-state index contributed by atoms with van der Waals surface area (Å²) in [6, 6.07) is 18.1. The number of benzene rings is 2. The summed E-state index contributed by atoms with van der Waals surface area (Å²) in [5, 5.41) is 6.63. The summed E-state index contributed by atoms with van der Waals surface area (Å²) in [7, 11) is 1.65. The standard InChI is InChI=1S/C17H17N3OS/c1-21-14-9-7-12(8-10-14)15-11-16(20(19-15)17(18)22)13-5-3-2-4-6-13/h2-10,16H,11H2,1H3,(H2,18,22)/t16-/m1/s1. The first-order valence-corrected chi connectivity index (χ1v) is 7.45. The first-order chi connectivity index (χ1) is 10.7. The van der Waals surface area contributed by atoms with Gasteiger partial charge in [-0.2, -0.15) is 5.10 Å². The second-order valence-corrected chi connectivity index (χ2v) is 5.51. The van der Waals surface area contributed by atoms with Gasteiger partial charge in [-0.15, -0.1) is 0 Å². The van der Waals surface area contributed by atoms with Crippen molar-refractivity contribution in [3.05, 3.63) is 65.7 Å². The topological polar surface area (TPSA) is 50.8 Å². The molecule has 0 saturated heterocycles. The molecule has 2 N–H and O–H groups in total. The fraction of sp³-hybridized carbons (Fsp3) is 0.176. The van der Waals surface area contributed by atoms with Gasteiger partial charge in [0.15, 0.2) is 5.11 Å². The van der Waals surface area contributed by atoms with Crippen molar-refractivity contribution in [3.63, 3.8) is 0 Å². The number of thiocarbonyl (C=S) groups is 1. The second-order valence-electron chi connectivity index (χ2n) is 5.09. The highest BCUT2D eigenvalue weighted by Crippen LogP contribution is 2.32. The Hall–Kier alpha value is -2.40. The van der Waals surface area contributed by atoms with Crippen molar-refractivity contribution in [1.29, 1.82) is 0 Å². The molecule has 0 aromatic heterocycles. The molecular formula is C17H17N3OS. The van der Waals surface area contributed by atoms with Gasteiger partial charge in [0.05, 0.1) is 18.9 Å². The van der Waals surface area contributed by atoms with Crippen molar-refractivity contribution in [2.45, 2.75) is 12.5 Å². The molecule has 0 aliphatic carbocycles. The van der Waals surface area contributed by atoms with Crippen LogP contribution in [0.2, 0.25) is 0 Å². The number of hydrogen-bond acceptors (Lipinski definition) is 3. The Kier molecular flexibility index (Phi) is 4.06. The number of nitrogens with zero attached hydrogens (tertiary/aromatic N) is 2. The Labute approximate surface area is 135 Å². The maximum atomic E-state index is 5.84. The summed E-state index contributed by atoms with van der Waals surface area (Å²) in [6.45, 7) is 0. The van der Waals surface area contributed by atoms with Gasteiger partial charge in [-0.3, -0.25) is 0 Å². The molecule has 0 bridgehead atoms. The Morgan fingerprint density at radius 3 is 2.45 bits per heavy atom. The third kappa shape index (κ3) is 2.80. The van der Waals surface area contributed by atoms with Gasteiger partial charge in [0.25, 0.3) is 0 Å². The van der Waals surface area contributed by atoms with Crippen LogP contribution in [0.4, 0.5) is 0 Å². The van der Waals surface area contributed by atoms with Crippen molar-refractivity contribution in [2.75, 3.05) is 7.11 Å². The van der Waals surface area contributed by atoms with E-state index in [0.29, 0.717) is 0 Å². The zero-order valence-electron chi connectivity index (χ0n) is 12.3. The molecule has 0 unspecified atom stereocenters. The van der Waals surface area contributed by atoms with E-state index < -0.39 is 0 Å². The van der Waals surface area contributed by atoms with Gasteiger partial charge in [0.2, 0.25) is 0 Å². The fourth-order valence-electron chi connectivity index (χ4n) is 2.61.